The summed E-state index contributed by atoms with van der Waals surface area (Å²) in [6.45, 7) is -0.00202. The van der Waals surface area contributed by atoms with Gasteiger partial charge in [0.25, 0.3) is 0 Å². The lowest BCUT2D eigenvalue weighted by atomic mass is 10.0. The molecule has 4 rings (SSSR count). The van der Waals surface area contributed by atoms with Gasteiger partial charge < -0.3 is 24.8 Å². The Morgan fingerprint density at radius 1 is 1.27 bits per heavy atom. The first-order valence-corrected chi connectivity index (χ1v) is 11.9. The average molecular weight is 478 g/mol. The van der Waals surface area contributed by atoms with E-state index < -0.39 is 35.3 Å². The molecule has 2 aromatic heterocycles. The highest BCUT2D eigenvalue weighted by atomic mass is 32.2. The fourth-order valence-electron chi connectivity index (χ4n) is 4.27. The van der Waals surface area contributed by atoms with E-state index in [0.29, 0.717) is 29.3 Å². The van der Waals surface area contributed by atoms with E-state index in [-0.39, 0.29) is 0 Å². The second-order valence-electron chi connectivity index (χ2n) is 7.96. The molecule has 2 heterocycles. The third-order valence-electron chi connectivity index (χ3n) is 5.89. The van der Waals surface area contributed by atoms with Crippen LogP contribution in [0.5, 0.6) is 0 Å². The van der Waals surface area contributed by atoms with E-state index in [1.54, 1.807) is 12.3 Å². The molecule has 0 saturated carbocycles. The number of hydrogen-bond donors (Lipinski definition) is 4. The van der Waals surface area contributed by atoms with E-state index in [1.165, 1.54) is 29.1 Å². The summed E-state index contributed by atoms with van der Waals surface area (Å²) in [5.41, 5.74) is 3.21. The van der Waals surface area contributed by atoms with Gasteiger partial charge in [0.2, 0.25) is 0 Å². The average Bonchev–Trinajstić information content (AvgIpc) is 3.41. The third-order valence-corrected chi connectivity index (χ3v) is 6.35. The standard InChI is InChI=1S/C21H27N5O6S/c1-31-21(18(28)17(27)11-32-33(22,29)30)26-9-8-16-19(24-12-25-20(16)26)23-10-14-7-6-13-4-2-3-5-15(13)14/h2-5,8-9,12,14,17-18,21,27-28H,6-7,10-11H2,1H3,(H2,22,29,30)(H,23,24,25)/t14-,17-,18-,21-/m1/s1. The molecule has 0 spiro atoms. The molecule has 11 nitrogen and oxygen atoms in total. The number of rotatable bonds is 10. The largest absolute Gasteiger partial charge is 0.388 e. The molecule has 1 aliphatic rings. The molecular formula is C21H27N5O6S. The van der Waals surface area contributed by atoms with Crippen LogP contribution in [0.3, 0.4) is 0 Å². The minimum atomic E-state index is -4.26. The number of aryl methyl sites for hydroxylation is 1. The number of aromatic nitrogens is 3. The maximum Gasteiger partial charge on any atom is 0.333 e. The number of nitrogens with one attached hydrogen (secondary N) is 1. The van der Waals surface area contributed by atoms with Crippen molar-refractivity contribution in [3.05, 3.63) is 54.0 Å². The highest BCUT2D eigenvalue weighted by Crippen LogP contribution is 2.33. The summed E-state index contributed by atoms with van der Waals surface area (Å²) >= 11 is 0. The van der Waals surface area contributed by atoms with Crippen molar-refractivity contribution in [3.8, 4) is 0 Å². The fourth-order valence-corrected chi connectivity index (χ4v) is 4.59. The van der Waals surface area contributed by atoms with Crippen LogP contribution in [-0.2, 0) is 25.6 Å². The Labute approximate surface area is 191 Å². The van der Waals surface area contributed by atoms with Crippen LogP contribution in [-0.4, -0.2) is 65.6 Å². The molecule has 0 saturated heterocycles. The van der Waals surface area contributed by atoms with Gasteiger partial charge in [-0.2, -0.15) is 8.42 Å². The molecule has 5 N–H and O–H groups in total. The number of aliphatic hydroxyl groups is 2. The van der Waals surface area contributed by atoms with E-state index in [1.807, 2.05) is 0 Å². The van der Waals surface area contributed by atoms with Gasteiger partial charge in [0.1, 0.15) is 30.0 Å². The molecule has 12 heteroatoms. The predicted molar refractivity (Wildman–Crippen MR) is 121 cm³/mol. The summed E-state index contributed by atoms with van der Waals surface area (Å²) in [7, 11) is -2.91. The molecule has 3 aromatic rings. The first-order valence-electron chi connectivity index (χ1n) is 10.5. The normalized spacial score (nSPS) is 18.7. The van der Waals surface area contributed by atoms with Gasteiger partial charge in [0.05, 0.1) is 12.0 Å². The Morgan fingerprint density at radius 3 is 2.82 bits per heavy atom. The van der Waals surface area contributed by atoms with Crippen LogP contribution < -0.4 is 10.5 Å². The molecule has 0 fully saturated rings. The Balaban J connectivity index is 1.51. The number of nitrogens with zero attached hydrogens (tertiary/aromatic N) is 3. The molecular weight excluding hydrogens is 450 g/mol. The van der Waals surface area contributed by atoms with E-state index in [2.05, 4.69) is 43.7 Å². The summed E-state index contributed by atoms with van der Waals surface area (Å²) in [6, 6.07) is 10.2. The van der Waals surface area contributed by atoms with Gasteiger partial charge in [0.15, 0.2) is 6.23 Å². The van der Waals surface area contributed by atoms with Crippen LogP contribution in [0.15, 0.2) is 42.9 Å². The molecule has 1 aliphatic carbocycles. The summed E-state index contributed by atoms with van der Waals surface area (Å²) < 4.78 is 33.2. The number of aliphatic hydroxyl groups excluding tert-OH is 2. The molecule has 178 valence electrons. The van der Waals surface area contributed by atoms with Crippen LogP contribution in [0.4, 0.5) is 5.82 Å². The van der Waals surface area contributed by atoms with Gasteiger partial charge in [-0.05, 0) is 30.0 Å². The monoisotopic (exact) mass is 477 g/mol. The number of methoxy groups -OCH3 is 1. The van der Waals surface area contributed by atoms with Crippen molar-refractivity contribution in [2.24, 2.45) is 5.14 Å². The van der Waals surface area contributed by atoms with Crippen LogP contribution >= 0.6 is 0 Å². The minimum Gasteiger partial charge on any atom is -0.388 e. The minimum absolute atomic E-state index is 0.385. The van der Waals surface area contributed by atoms with Crippen molar-refractivity contribution in [2.75, 3.05) is 25.6 Å². The Morgan fingerprint density at radius 2 is 2.06 bits per heavy atom. The zero-order chi connectivity index (χ0) is 23.6. The summed E-state index contributed by atoms with van der Waals surface area (Å²) in [5.74, 6) is 1.03. The van der Waals surface area contributed by atoms with E-state index >= 15 is 0 Å². The van der Waals surface area contributed by atoms with Crippen molar-refractivity contribution < 1.29 is 27.6 Å². The third kappa shape index (κ3) is 5.16. The van der Waals surface area contributed by atoms with Gasteiger partial charge in [-0.25, -0.2) is 15.1 Å². The van der Waals surface area contributed by atoms with Crippen LogP contribution in [0, 0.1) is 0 Å². The lowest BCUT2D eigenvalue weighted by molar-refractivity contribution is -0.115. The van der Waals surface area contributed by atoms with Crippen molar-refractivity contribution in [3.63, 3.8) is 0 Å². The smallest absolute Gasteiger partial charge is 0.333 e. The summed E-state index contributed by atoms with van der Waals surface area (Å²) in [5, 5.41) is 29.6. The lowest BCUT2D eigenvalue weighted by Crippen LogP contribution is -2.39. The number of anilines is 1. The van der Waals surface area contributed by atoms with E-state index in [4.69, 9.17) is 9.88 Å². The quantitative estimate of drug-likeness (QED) is 0.329. The highest BCUT2D eigenvalue weighted by Gasteiger charge is 2.30. The van der Waals surface area contributed by atoms with Gasteiger partial charge >= 0.3 is 10.3 Å². The highest BCUT2D eigenvalue weighted by molar-refractivity contribution is 7.84. The number of benzene rings is 1. The Kier molecular flexibility index (Phi) is 6.93. The van der Waals surface area contributed by atoms with Crippen LogP contribution in [0.25, 0.3) is 11.0 Å². The SMILES string of the molecule is CO[C@H]([C@H](O)[C@H](O)COS(N)(=O)=O)n1ccc2c(NC[C@H]3CCc4ccccc43)ncnc21. The maximum absolute atomic E-state index is 11.0. The number of nitrogens with two attached hydrogens (primary N) is 1. The molecule has 0 bridgehead atoms. The Bertz CT molecular complexity index is 1220. The zero-order valence-corrected chi connectivity index (χ0v) is 18.9. The molecule has 0 amide bonds. The van der Waals surface area contributed by atoms with Crippen LogP contribution in [0.2, 0.25) is 0 Å². The van der Waals surface area contributed by atoms with Gasteiger partial charge in [-0.3, -0.25) is 4.18 Å². The van der Waals surface area contributed by atoms with Gasteiger partial charge in [-0.1, -0.05) is 24.3 Å². The molecule has 0 aliphatic heterocycles. The molecule has 0 unspecified atom stereocenters. The number of fused-ring (bicyclic) bond motifs is 2. The zero-order valence-electron chi connectivity index (χ0n) is 18.0. The maximum atomic E-state index is 11.0. The molecule has 33 heavy (non-hydrogen) atoms. The van der Waals surface area contributed by atoms with E-state index in [9.17, 15) is 18.6 Å². The molecule has 0 radical (unpaired) electrons. The van der Waals surface area contributed by atoms with Crippen molar-refractivity contribution in [1.82, 2.24) is 14.5 Å². The lowest BCUT2D eigenvalue weighted by Gasteiger charge is -2.26. The van der Waals surface area contributed by atoms with Crippen molar-refractivity contribution in [1.29, 1.82) is 0 Å². The topological polar surface area (TPSA) is 162 Å². The molecule has 4 atom stereocenters. The summed E-state index contributed by atoms with van der Waals surface area (Å²) in [4.78, 5) is 8.68. The second kappa shape index (κ2) is 9.71. The van der Waals surface area contributed by atoms with Crippen LogP contribution in [0.1, 0.15) is 29.7 Å². The first kappa shape index (κ1) is 23.5. The van der Waals surface area contributed by atoms with Gasteiger partial charge in [-0.15, -0.1) is 0 Å². The van der Waals surface area contributed by atoms with Gasteiger partial charge in [0, 0.05) is 25.8 Å². The van der Waals surface area contributed by atoms with Crippen molar-refractivity contribution in [2.45, 2.75) is 37.2 Å². The first-order chi connectivity index (χ1) is 15.8. The van der Waals surface area contributed by atoms with E-state index in [0.717, 1.165) is 12.8 Å². The van der Waals surface area contributed by atoms with Crippen molar-refractivity contribution >= 4 is 27.2 Å². The molecule has 1 aromatic carbocycles. The number of ether oxygens (including phenoxy) is 1. The summed E-state index contributed by atoms with van der Waals surface area (Å²) in [6.07, 6.45) is 1.03. The fraction of sp³-hybridized carbons (Fsp3) is 0.429. The predicted octanol–water partition coefficient (Wildman–Crippen LogP) is 0.660. The second-order valence-corrected chi connectivity index (χ2v) is 9.18. The Hall–Kier alpha value is -2.61. The number of hydrogen-bond acceptors (Lipinski definition) is 9.